The maximum atomic E-state index is 12.8. The Balaban J connectivity index is 1.47. The van der Waals surface area contributed by atoms with E-state index >= 15 is 0 Å². The zero-order chi connectivity index (χ0) is 24.1. The number of anilines is 1. The number of nitrogens with zero attached hydrogens (tertiary/aromatic N) is 4. The fourth-order valence-electron chi connectivity index (χ4n) is 4.05. The van der Waals surface area contributed by atoms with Crippen LogP contribution in [0.3, 0.4) is 0 Å². The first-order valence-corrected chi connectivity index (χ1v) is 11.7. The summed E-state index contributed by atoms with van der Waals surface area (Å²) in [4.78, 5) is 26.1. The summed E-state index contributed by atoms with van der Waals surface area (Å²) in [7, 11) is 0. The van der Waals surface area contributed by atoms with E-state index in [2.05, 4.69) is 32.5 Å². The molecule has 3 N–H and O–H groups in total. The van der Waals surface area contributed by atoms with Crippen LogP contribution in [-0.4, -0.2) is 56.4 Å². The SMILES string of the molecule is Cc1cnc(NC(C)C2CCOCC2)nc1-n1cnc(C(=O)N[C@H](CO)c2cccc(Cl)c2)c1. The van der Waals surface area contributed by atoms with E-state index in [9.17, 15) is 9.90 Å². The van der Waals surface area contributed by atoms with Gasteiger partial charge >= 0.3 is 0 Å². The molecule has 0 radical (unpaired) electrons. The number of carbonyl (C=O) groups is 1. The largest absolute Gasteiger partial charge is 0.394 e. The average molecular weight is 485 g/mol. The summed E-state index contributed by atoms with van der Waals surface area (Å²) in [6.45, 7) is 5.34. The Morgan fingerprint density at radius 3 is 2.85 bits per heavy atom. The molecule has 180 valence electrons. The Morgan fingerprint density at radius 1 is 1.32 bits per heavy atom. The molecule has 3 aromatic rings. The Bertz CT molecular complexity index is 1130. The van der Waals surface area contributed by atoms with Gasteiger partial charge in [0.25, 0.3) is 5.91 Å². The normalized spacial score (nSPS) is 16.1. The number of nitrogens with one attached hydrogen (secondary N) is 2. The molecule has 2 atom stereocenters. The van der Waals surface area contributed by atoms with Crippen LogP contribution in [0.4, 0.5) is 5.95 Å². The van der Waals surface area contributed by atoms with Crippen molar-refractivity contribution in [1.82, 2.24) is 24.8 Å². The minimum atomic E-state index is -0.598. The number of halogens is 1. The van der Waals surface area contributed by atoms with Crippen LogP contribution in [0.2, 0.25) is 5.02 Å². The number of benzene rings is 1. The van der Waals surface area contributed by atoms with E-state index < -0.39 is 11.9 Å². The van der Waals surface area contributed by atoms with Gasteiger partial charge in [0.05, 0.1) is 12.6 Å². The summed E-state index contributed by atoms with van der Waals surface area (Å²) < 4.78 is 7.15. The van der Waals surface area contributed by atoms with Crippen molar-refractivity contribution < 1.29 is 14.6 Å². The number of hydrogen-bond donors (Lipinski definition) is 3. The van der Waals surface area contributed by atoms with Gasteiger partial charge in [-0.15, -0.1) is 0 Å². The number of aromatic nitrogens is 4. The molecule has 0 spiro atoms. The highest BCUT2D eigenvalue weighted by molar-refractivity contribution is 6.30. The summed E-state index contributed by atoms with van der Waals surface area (Å²) in [5, 5.41) is 16.5. The first-order chi connectivity index (χ1) is 16.4. The van der Waals surface area contributed by atoms with E-state index in [1.807, 2.05) is 6.92 Å². The van der Waals surface area contributed by atoms with Crippen LogP contribution in [0.15, 0.2) is 43.0 Å². The monoisotopic (exact) mass is 484 g/mol. The third-order valence-corrected chi connectivity index (χ3v) is 6.31. The summed E-state index contributed by atoms with van der Waals surface area (Å²) in [6.07, 6.45) is 6.93. The predicted octanol–water partition coefficient (Wildman–Crippen LogP) is 3.31. The van der Waals surface area contributed by atoms with Crippen LogP contribution in [0.1, 0.15) is 47.4 Å². The van der Waals surface area contributed by atoms with Crippen molar-refractivity contribution in [3.05, 3.63) is 64.8 Å². The predicted molar refractivity (Wildman–Crippen MR) is 129 cm³/mol. The topological polar surface area (TPSA) is 114 Å². The van der Waals surface area contributed by atoms with Gasteiger partial charge in [0.2, 0.25) is 5.95 Å². The van der Waals surface area contributed by atoms with Crippen molar-refractivity contribution in [2.75, 3.05) is 25.1 Å². The lowest BCUT2D eigenvalue weighted by molar-refractivity contribution is 0.0621. The maximum Gasteiger partial charge on any atom is 0.272 e. The van der Waals surface area contributed by atoms with Crippen molar-refractivity contribution >= 4 is 23.5 Å². The van der Waals surface area contributed by atoms with Gasteiger partial charge in [0, 0.05) is 42.2 Å². The molecule has 1 aliphatic heterocycles. The quantitative estimate of drug-likeness (QED) is 0.449. The van der Waals surface area contributed by atoms with Gasteiger partial charge in [0.15, 0.2) is 0 Å². The minimum Gasteiger partial charge on any atom is -0.394 e. The summed E-state index contributed by atoms with van der Waals surface area (Å²) >= 11 is 6.04. The van der Waals surface area contributed by atoms with E-state index in [1.165, 1.54) is 0 Å². The van der Waals surface area contributed by atoms with E-state index in [0.29, 0.717) is 28.3 Å². The molecule has 2 aromatic heterocycles. The zero-order valence-electron chi connectivity index (χ0n) is 19.2. The van der Waals surface area contributed by atoms with Gasteiger partial charge in [-0.05, 0) is 50.3 Å². The minimum absolute atomic E-state index is 0.212. The number of carbonyl (C=O) groups excluding carboxylic acids is 1. The number of hydrogen-bond acceptors (Lipinski definition) is 7. The molecule has 1 saturated heterocycles. The Hall–Kier alpha value is -3.01. The van der Waals surface area contributed by atoms with Crippen LogP contribution >= 0.6 is 11.6 Å². The van der Waals surface area contributed by atoms with Gasteiger partial charge in [-0.1, -0.05) is 23.7 Å². The second-order valence-electron chi connectivity index (χ2n) is 8.51. The smallest absolute Gasteiger partial charge is 0.272 e. The average Bonchev–Trinajstić information content (AvgIpc) is 3.34. The molecule has 1 amide bonds. The fourth-order valence-corrected chi connectivity index (χ4v) is 4.25. The molecule has 9 nitrogen and oxygen atoms in total. The van der Waals surface area contributed by atoms with Crippen LogP contribution in [0.25, 0.3) is 5.82 Å². The molecule has 3 heterocycles. The summed E-state index contributed by atoms with van der Waals surface area (Å²) in [5.74, 6) is 1.26. The van der Waals surface area contributed by atoms with E-state index in [4.69, 9.17) is 16.3 Å². The highest BCUT2D eigenvalue weighted by atomic mass is 35.5. The molecule has 4 rings (SSSR count). The molecule has 34 heavy (non-hydrogen) atoms. The van der Waals surface area contributed by atoms with Crippen LogP contribution < -0.4 is 10.6 Å². The fraction of sp³-hybridized carbons (Fsp3) is 0.417. The van der Waals surface area contributed by atoms with E-state index in [1.54, 1.807) is 47.6 Å². The van der Waals surface area contributed by atoms with Gasteiger partial charge < -0.3 is 20.5 Å². The number of rotatable bonds is 8. The van der Waals surface area contributed by atoms with Crippen molar-refractivity contribution in [2.24, 2.45) is 5.92 Å². The molecule has 10 heteroatoms. The maximum absolute atomic E-state index is 12.8. The Kier molecular flexibility index (Phi) is 7.77. The van der Waals surface area contributed by atoms with Crippen molar-refractivity contribution in [2.45, 2.75) is 38.8 Å². The molecule has 1 aromatic carbocycles. The molecule has 0 bridgehead atoms. The number of ether oxygens (including phenoxy) is 1. The molecular formula is C24H29ClN6O3. The summed E-state index contributed by atoms with van der Waals surface area (Å²) in [6, 6.07) is 6.63. The van der Waals surface area contributed by atoms with E-state index in [-0.39, 0.29) is 18.3 Å². The molecule has 1 fully saturated rings. The Morgan fingerprint density at radius 2 is 2.12 bits per heavy atom. The zero-order valence-corrected chi connectivity index (χ0v) is 20.0. The van der Waals surface area contributed by atoms with Crippen LogP contribution in [-0.2, 0) is 4.74 Å². The number of imidazole rings is 1. The molecule has 1 unspecified atom stereocenters. The van der Waals surface area contributed by atoms with Crippen molar-refractivity contribution in [1.29, 1.82) is 0 Å². The van der Waals surface area contributed by atoms with Gasteiger partial charge in [0.1, 0.15) is 17.8 Å². The third kappa shape index (κ3) is 5.72. The third-order valence-electron chi connectivity index (χ3n) is 6.07. The van der Waals surface area contributed by atoms with Gasteiger partial charge in [-0.3, -0.25) is 9.36 Å². The van der Waals surface area contributed by atoms with Crippen LogP contribution in [0, 0.1) is 12.8 Å². The Labute approximate surface area is 203 Å². The lowest BCUT2D eigenvalue weighted by Crippen LogP contribution is -2.31. The highest BCUT2D eigenvalue weighted by Crippen LogP contribution is 2.22. The molecule has 0 saturated carbocycles. The van der Waals surface area contributed by atoms with Crippen molar-refractivity contribution in [3.8, 4) is 5.82 Å². The van der Waals surface area contributed by atoms with Crippen LogP contribution in [0.5, 0.6) is 0 Å². The van der Waals surface area contributed by atoms with Gasteiger partial charge in [-0.25, -0.2) is 9.97 Å². The first kappa shape index (κ1) is 24.1. The number of aryl methyl sites for hydroxylation is 1. The highest BCUT2D eigenvalue weighted by Gasteiger charge is 2.22. The number of amides is 1. The van der Waals surface area contributed by atoms with Crippen molar-refractivity contribution in [3.63, 3.8) is 0 Å². The first-order valence-electron chi connectivity index (χ1n) is 11.3. The summed E-state index contributed by atoms with van der Waals surface area (Å²) in [5.41, 5.74) is 1.77. The molecule has 0 aliphatic carbocycles. The van der Waals surface area contributed by atoms with E-state index in [0.717, 1.165) is 31.6 Å². The molecule has 1 aliphatic rings. The lowest BCUT2D eigenvalue weighted by atomic mass is 9.93. The molecular weight excluding hydrogens is 456 g/mol. The lowest BCUT2D eigenvalue weighted by Gasteiger charge is -2.28. The van der Waals surface area contributed by atoms with Gasteiger partial charge in [-0.2, -0.15) is 4.98 Å². The number of aliphatic hydroxyl groups is 1. The second kappa shape index (κ2) is 10.9. The second-order valence-corrected chi connectivity index (χ2v) is 8.95. The number of aliphatic hydroxyl groups excluding tert-OH is 1. The standard InChI is InChI=1S/C24H29ClN6O3/c1-15-11-26-24(28-16(2)17-6-8-34-9-7-17)30-22(15)31-12-20(27-14-31)23(33)29-21(13-32)18-4-3-5-19(25)10-18/h3-5,10-12,14,16-17,21,32H,6-9,13H2,1-2H3,(H,29,33)(H,26,28,30)/t16?,21-/m1/s1.